The lowest BCUT2D eigenvalue weighted by molar-refractivity contribution is 0.0697. The molecule has 3 heteroatoms. The first-order valence-electron chi connectivity index (χ1n) is 7.17. The highest BCUT2D eigenvalue weighted by atomic mass is 16.4. The molecule has 2 N–H and O–H groups in total. The zero-order valence-electron chi connectivity index (χ0n) is 12.1. The monoisotopic (exact) mass is 290 g/mol. The summed E-state index contributed by atoms with van der Waals surface area (Å²) in [5, 5.41) is 21.3. The standard InChI is InChI=1S/C19H14O3/c1-10-6-12(19(21)22)8-16-15(10)7-11-9-17(20)13-4-2-3-5-14(13)18(11)16/h2-6,8-9,20H,7H2,1H3,(H,21,22). The molecule has 4 rings (SSSR count). The van der Waals surface area contributed by atoms with E-state index >= 15 is 0 Å². The third-order valence-electron chi connectivity index (χ3n) is 4.46. The molecule has 0 heterocycles. The Morgan fingerprint density at radius 2 is 1.82 bits per heavy atom. The van der Waals surface area contributed by atoms with Gasteiger partial charge in [0, 0.05) is 5.39 Å². The number of benzene rings is 3. The molecule has 0 saturated heterocycles. The van der Waals surface area contributed by atoms with Crippen molar-refractivity contribution in [1.29, 1.82) is 0 Å². The number of carboxylic acids is 1. The lowest BCUT2D eigenvalue weighted by Crippen LogP contribution is -1.99. The van der Waals surface area contributed by atoms with E-state index in [0.717, 1.165) is 45.0 Å². The number of rotatable bonds is 1. The van der Waals surface area contributed by atoms with Gasteiger partial charge in [0.15, 0.2) is 0 Å². The number of carbonyl (C=O) groups is 1. The minimum Gasteiger partial charge on any atom is -0.507 e. The van der Waals surface area contributed by atoms with Crippen LogP contribution in [0, 0.1) is 6.92 Å². The number of phenols is 1. The maximum absolute atomic E-state index is 11.3. The van der Waals surface area contributed by atoms with E-state index in [4.69, 9.17) is 0 Å². The quantitative estimate of drug-likeness (QED) is 0.554. The molecular formula is C19H14O3. The molecule has 0 unspecified atom stereocenters. The maximum atomic E-state index is 11.3. The third kappa shape index (κ3) is 1.65. The van der Waals surface area contributed by atoms with Crippen molar-refractivity contribution in [3.63, 3.8) is 0 Å². The van der Waals surface area contributed by atoms with Gasteiger partial charge in [-0.15, -0.1) is 0 Å². The molecule has 0 aromatic heterocycles. The van der Waals surface area contributed by atoms with E-state index in [-0.39, 0.29) is 5.75 Å². The highest BCUT2D eigenvalue weighted by Crippen LogP contribution is 2.45. The van der Waals surface area contributed by atoms with E-state index in [1.54, 1.807) is 18.2 Å². The van der Waals surface area contributed by atoms with E-state index < -0.39 is 5.97 Å². The summed E-state index contributed by atoms with van der Waals surface area (Å²) in [7, 11) is 0. The first-order chi connectivity index (χ1) is 10.6. The van der Waals surface area contributed by atoms with Gasteiger partial charge in [-0.2, -0.15) is 0 Å². The third-order valence-corrected chi connectivity index (χ3v) is 4.46. The van der Waals surface area contributed by atoms with Crippen LogP contribution in [0.4, 0.5) is 0 Å². The van der Waals surface area contributed by atoms with Gasteiger partial charge in [0.2, 0.25) is 0 Å². The van der Waals surface area contributed by atoms with Crippen LogP contribution in [0.3, 0.4) is 0 Å². The lowest BCUT2D eigenvalue weighted by Gasteiger charge is -2.10. The second-order valence-corrected chi connectivity index (χ2v) is 5.78. The predicted octanol–water partition coefficient (Wildman–Crippen LogP) is 4.12. The van der Waals surface area contributed by atoms with Gasteiger partial charge < -0.3 is 10.2 Å². The van der Waals surface area contributed by atoms with Crippen LogP contribution >= 0.6 is 0 Å². The van der Waals surface area contributed by atoms with Crippen LogP contribution in [0.2, 0.25) is 0 Å². The molecule has 1 aliphatic rings. The molecule has 22 heavy (non-hydrogen) atoms. The maximum Gasteiger partial charge on any atom is 0.335 e. The van der Waals surface area contributed by atoms with Crippen molar-refractivity contribution in [2.45, 2.75) is 13.3 Å². The van der Waals surface area contributed by atoms with Gasteiger partial charge in [0.25, 0.3) is 0 Å². The van der Waals surface area contributed by atoms with Crippen LogP contribution in [-0.2, 0) is 6.42 Å². The molecule has 1 aliphatic carbocycles. The van der Waals surface area contributed by atoms with E-state index in [1.165, 1.54) is 0 Å². The molecule has 3 aromatic carbocycles. The lowest BCUT2D eigenvalue weighted by atomic mass is 9.95. The summed E-state index contributed by atoms with van der Waals surface area (Å²) >= 11 is 0. The number of hydrogen-bond acceptors (Lipinski definition) is 2. The summed E-state index contributed by atoms with van der Waals surface area (Å²) in [6.07, 6.45) is 0.731. The Kier molecular flexibility index (Phi) is 2.54. The highest BCUT2D eigenvalue weighted by molar-refractivity contribution is 6.05. The zero-order valence-corrected chi connectivity index (χ0v) is 12.1. The zero-order chi connectivity index (χ0) is 15.4. The van der Waals surface area contributed by atoms with E-state index in [2.05, 4.69) is 0 Å². The molecular weight excluding hydrogens is 276 g/mol. The van der Waals surface area contributed by atoms with Crippen LogP contribution in [0.15, 0.2) is 42.5 Å². The van der Waals surface area contributed by atoms with Crippen molar-refractivity contribution in [1.82, 2.24) is 0 Å². The highest BCUT2D eigenvalue weighted by Gasteiger charge is 2.25. The molecule has 3 aromatic rings. The average Bonchev–Trinajstić information content (AvgIpc) is 2.86. The van der Waals surface area contributed by atoms with Crippen molar-refractivity contribution >= 4 is 16.7 Å². The molecule has 108 valence electrons. The van der Waals surface area contributed by atoms with Crippen molar-refractivity contribution < 1.29 is 15.0 Å². The Morgan fingerprint density at radius 3 is 2.55 bits per heavy atom. The Balaban J connectivity index is 2.12. The van der Waals surface area contributed by atoms with Gasteiger partial charge in [-0.1, -0.05) is 24.3 Å². The summed E-state index contributed by atoms with van der Waals surface area (Å²) in [6, 6.07) is 13.0. The number of carboxylic acid groups (broad SMARTS) is 1. The van der Waals surface area contributed by atoms with E-state index in [0.29, 0.717) is 5.56 Å². The van der Waals surface area contributed by atoms with Gasteiger partial charge in [0.05, 0.1) is 5.56 Å². The average molecular weight is 290 g/mol. The normalized spacial score (nSPS) is 12.2. The fourth-order valence-corrected chi connectivity index (χ4v) is 3.46. The number of aromatic carboxylic acids is 1. The van der Waals surface area contributed by atoms with Crippen LogP contribution < -0.4 is 0 Å². The molecule has 0 fully saturated rings. The molecule has 0 radical (unpaired) electrons. The Morgan fingerprint density at radius 1 is 1.09 bits per heavy atom. The Labute approximate surface area is 127 Å². The molecule has 0 atom stereocenters. The first kappa shape index (κ1) is 12.9. The van der Waals surface area contributed by atoms with Crippen LogP contribution in [0.25, 0.3) is 21.9 Å². The van der Waals surface area contributed by atoms with Crippen molar-refractivity contribution in [3.05, 3.63) is 64.7 Å². The predicted molar refractivity (Wildman–Crippen MR) is 85.6 cm³/mol. The molecule has 0 amide bonds. The van der Waals surface area contributed by atoms with Gasteiger partial charge in [-0.3, -0.25) is 0 Å². The van der Waals surface area contributed by atoms with Crippen LogP contribution in [-0.4, -0.2) is 16.2 Å². The molecule has 3 nitrogen and oxygen atoms in total. The van der Waals surface area contributed by atoms with Crippen LogP contribution in [0.1, 0.15) is 27.0 Å². The number of fused-ring (bicyclic) bond motifs is 5. The summed E-state index contributed by atoms with van der Waals surface area (Å²) in [4.78, 5) is 11.3. The van der Waals surface area contributed by atoms with E-state index in [1.807, 2.05) is 31.2 Å². The fraction of sp³-hybridized carbons (Fsp3) is 0.105. The first-order valence-corrected chi connectivity index (χ1v) is 7.17. The van der Waals surface area contributed by atoms with Crippen molar-refractivity contribution in [2.75, 3.05) is 0 Å². The molecule has 0 spiro atoms. The summed E-state index contributed by atoms with van der Waals surface area (Å²) < 4.78 is 0. The minimum absolute atomic E-state index is 0.276. The summed E-state index contributed by atoms with van der Waals surface area (Å²) in [5.74, 6) is -0.638. The molecule has 0 saturated carbocycles. The Hall–Kier alpha value is -2.81. The molecule has 0 aliphatic heterocycles. The van der Waals surface area contributed by atoms with E-state index in [9.17, 15) is 15.0 Å². The molecule has 0 bridgehead atoms. The second-order valence-electron chi connectivity index (χ2n) is 5.78. The number of phenolic OH excluding ortho intramolecular Hbond substituents is 1. The number of aryl methyl sites for hydroxylation is 1. The summed E-state index contributed by atoms with van der Waals surface area (Å²) in [5.41, 5.74) is 5.52. The SMILES string of the molecule is Cc1cc(C(=O)O)cc2c1Cc1cc(O)c3ccccc3c1-2. The van der Waals surface area contributed by atoms with Crippen molar-refractivity contribution in [2.24, 2.45) is 0 Å². The smallest absolute Gasteiger partial charge is 0.335 e. The number of aromatic hydroxyl groups is 1. The Bertz CT molecular complexity index is 955. The van der Waals surface area contributed by atoms with Crippen LogP contribution in [0.5, 0.6) is 5.75 Å². The van der Waals surface area contributed by atoms with Gasteiger partial charge in [0.1, 0.15) is 5.75 Å². The topological polar surface area (TPSA) is 57.5 Å². The van der Waals surface area contributed by atoms with Crippen molar-refractivity contribution in [3.8, 4) is 16.9 Å². The fourth-order valence-electron chi connectivity index (χ4n) is 3.46. The van der Waals surface area contributed by atoms with Gasteiger partial charge >= 0.3 is 5.97 Å². The largest absolute Gasteiger partial charge is 0.507 e. The van der Waals surface area contributed by atoms with Gasteiger partial charge in [-0.05, 0) is 64.7 Å². The number of hydrogen-bond donors (Lipinski definition) is 2. The summed E-state index contributed by atoms with van der Waals surface area (Å²) in [6.45, 7) is 1.94. The minimum atomic E-state index is -0.914. The second kappa shape index (κ2) is 4.34. The van der Waals surface area contributed by atoms with Gasteiger partial charge in [-0.25, -0.2) is 4.79 Å².